The number of aryl methyl sites for hydroxylation is 1. The average molecular weight is 433 g/mol. The second-order valence-corrected chi connectivity index (χ2v) is 7.92. The van der Waals surface area contributed by atoms with Gasteiger partial charge in [0.05, 0.1) is 23.6 Å². The van der Waals surface area contributed by atoms with Crippen LogP contribution in [0.25, 0.3) is 0 Å². The normalized spacial score (nSPS) is 15.8. The highest BCUT2D eigenvalue weighted by Crippen LogP contribution is 2.25. The number of hydrogen-bond acceptors (Lipinski definition) is 5. The number of rotatable bonds is 6. The lowest BCUT2D eigenvalue weighted by atomic mass is 10.0. The Bertz CT molecular complexity index is 1150. The fourth-order valence-electron chi connectivity index (χ4n) is 3.89. The van der Waals surface area contributed by atoms with E-state index in [1.807, 2.05) is 17.9 Å². The van der Waals surface area contributed by atoms with Gasteiger partial charge >= 0.3 is 0 Å². The van der Waals surface area contributed by atoms with Crippen molar-refractivity contribution in [3.63, 3.8) is 0 Å². The Hall–Kier alpha value is -3.79. The monoisotopic (exact) mass is 433 g/mol. The van der Waals surface area contributed by atoms with Crippen molar-refractivity contribution in [2.75, 3.05) is 18.0 Å². The summed E-state index contributed by atoms with van der Waals surface area (Å²) in [4.78, 5) is 14.9. The summed E-state index contributed by atoms with van der Waals surface area (Å²) in [6, 6.07) is 15.5. The number of halogens is 1. The standard InChI is InChI=1S/C25H24FN3O3/c1-17-7-8-22(26)23(12-17)29-10-3-5-20(15-29)28-25(30)24-19(9-11-31-24)16-32-21-6-2-4-18(13-21)14-27/h2,4,6-9,11-13,20H,3,5,10,15-16H2,1H3,(H,28,30). The summed E-state index contributed by atoms with van der Waals surface area (Å²) in [5, 5.41) is 12.0. The zero-order chi connectivity index (χ0) is 22.5. The first kappa shape index (κ1) is 21.4. The first-order valence-corrected chi connectivity index (χ1v) is 10.5. The van der Waals surface area contributed by atoms with Crippen LogP contribution in [-0.2, 0) is 6.61 Å². The van der Waals surface area contributed by atoms with E-state index in [4.69, 9.17) is 14.4 Å². The van der Waals surface area contributed by atoms with Crippen molar-refractivity contribution in [3.05, 3.63) is 83.1 Å². The minimum atomic E-state index is -0.323. The van der Waals surface area contributed by atoms with Crippen molar-refractivity contribution in [2.45, 2.75) is 32.4 Å². The molecule has 1 aromatic heterocycles. The van der Waals surface area contributed by atoms with Crippen LogP contribution in [0.15, 0.2) is 59.2 Å². The van der Waals surface area contributed by atoms with E-state index >= 15 is 0 Å². The van der Waals surface area contributed by atoms with Crippen molar-refractivity contribution in [2.24, 2.45) is 0 Å². The molecule has 1 fully saturated rings. The van der Waals surface area contributed by atoms with Crippen LogP contribution < -0.4 is 15.0 Å². The zero-order valence-electron chi connectivity index (χ0n) is 17.8. The number of carbonyl (C=O) groups is 1. The summed E-state index contributed by atoms with van der Waals surface area (Å²) in [5.41, 5.74) is 2.67. The zero-order valence-corrected chi connectivity index (χ0v) is 17.8. The fraction of sp³-hybridized carbons (Fsp3) is 0.280. The summed E-state index contributed by atoms with van der Waals surface area (Å²) in [7, 11) is 0. The maximum absolute atomic E-state index is 14.3. The number of nitriles is 1. The molecule has 0 bridgehead atoms. The Morgan fingerprint density at radius 1 is 1.31 bits per heavy atom. The van der Waals surface area contributed by atoms with Gasteiger partial charge in [0, 0.05) is 24.7 Å². The molecule has 2 heterocycles. The third-order valence-electron chi connectivity index (χ3n) is 5.51. The van der Waals surface area contributed by atoms with Crippen LogP contribution >= 0.6 is 0 Å². The van der Waals surface area contributed by atoms with Gasteiger partial charge in [-0.3, -0.25) is 4.79 Å². The number of nitrogens with zero attached hydrogens (tertiary/aromatic N) is 2. The summed E-state index contributed by atoms with van der Waals surface area (Å²) in [5.74, 6) is 0.157. The van der Waals surface area contributed by atoms with Gasteiger partial charge in [-0.15, -0.1) is 0 Å². The minimum Gasteiger partial charge on any atom is -0.489 e. The first-order chi connectivity index (χ1) is 15.5. The van der Waals surface area contributed by atoms with Gasteiger partial charge in [0.2, 0.25) is 0 Å². The van der Waals surface area contributed by atoms with Crippen molar-refractivity contribution < 1.29 is 18.3 Å². The van der Waals surface area contributed by atoms with E-state index in [9.17, 15) is 9.18 Å². The lowest BCUT2D eigenvalue weighted by Gasteiger charge is -2.35. The van der Waals surface area contributed by atoms with Crippen LogP contribution in [0, 0.1) is 24.1 Å². The number of amides is 1. The molecule has 2 aromatic carbocycles. The predicted octanol–water partition coefficient (Wildman–Crippen LogP) is 4.58. The number of carbonyl (C=O) groups excluding carboxylic acids is 1. The Balaban J connectivity index is 1.39. The number of ether oxygens (including phenoxy) is 1. The Morgan fingerprint density at radius 2 is 2.19 bits per heavy atom. The van der Waals surface area contributed by atoms with Crippen LogP contribution in [0.5, 0.6) is 5.75 Å². The molecule has 1 saturated heterocycles. The molecule has 4 rings (SSSR count). The molecule has 3 aromatic rings. The van der Waals surface area contributed by atoms with Crippen LogP contribution in [0.3, 0.4) is 0 Å². The molecule has 0 saturated carbocycles. The number of benzene rings is 2. The SMILES string of the molecule is Cc1ccc(F)c(N2CCCC(NC(=O)c3occc3COc3cccc(C#N)c3)C2)c1. The highest BCUT2D eigenvalue weighted by atomic mass is 19.1. The summed E-state index contributed by atoms with van der Waals surface area (Å²) in [6.45, 7) is 3.34. The lowest BCUT2D eigenvalue weighted by Crippen LogP contribution is -2.48. The molecule has 1 aliphatic heterocycles. The molecule has 6 nitrogen and oxygen atoms in total. The molecule has 0 spiro atoms. The third kappa shape index (κ3) is 4.92. The van der Waals surface area contributed by atoms with Crippen molar-refractivity contribution >= 4 is 11.6 Å². The number of hydrogen-bond donors (Lipinski definition) is 1. The largest absolute Gasteiger partial charge is 0.489 e. The molecule has 1 atom stereocenters. The van der Waals surface area contributed by atoms with Crippen LogP contribution in [-0.4, -0.2) is 25.0 Å². The smallest absolute Gasteiger partial charge is 0.287 e. The number of anilines is 1. The number of piperidine rings is 1. The van der Waals surface area contributed by atoms with E-state index < -0.39 is 0 Å². The summed E-state index contributed by atoms with van der Waals surface area (Å²) >= 11 is 0. The molecule has 1 unspecified atom stereocenters. The molecule has 0 radical (unpaired) electrons. The number of furan rings is 1. The van der Waals surface area contributed by atoms with Gasteiger partial charge in [-0.25, -0.2) is 4.39 Å². The highest BCUT2D eigenvalue weighted by molar-refractivity contribution is 5.93. The molecule has 164 valence electrons. The van der Waals surface area contributed by atoms with Gasteiger partial charge in [-0.2, -0.15) is 5.26 Å². The van der Waals surface area contributed by atoms with Gasteiger partial charge < -0.3 is 19.4 Å². The van der Waals surface area contributed by atoms with Crippen LogP contribution in [0.1, 0.15) is 40.1 Å². The van der Waals surface area contributed by atoms with Gasteiger partial charge in [0.15, 0.2) is 5.76 Å². The first-order valence-electron chi connectivity index (χ1n) is 10.5. The molecular weight excluding hydrogens is 409 g/mol. The van der Waals surface area contributed by atoms with E-state index in [0.29, 0.717) is 29.1 Å². The molecular formula is C25H24FN3O3. The highest BCUT2D eigenvalue weighted by Gasteiger charge is 2.25. The van der Waals surface area contributed by atoms with Crippen molar-refractivity contribution in [1.82, 2.24) is 5.32 Å². The van der Waals surface area contributed by atoms with E-state index in [-0.39, 0.29) is 30.1 Å². The molecule has 0 aliphatic carbocycles. The van der Waals surface area contributed by atoms with Gasteiger partial charge in [-0.1, -0.05) is 12.1 Å². The molecule has 1 aliphatic rings. The molecule has 1 N–H and O–H groups in total. The van der Waals surface area contributed by atoms with Gasteiger partial charge in [0.1, 0.15) is 18.2 Å². The maximum atomic E-state index is 14.3. The van der Waals surface area contributed by atoms with Crippen LogP contribution in [0.4, 0.5) is 10.1 Å². The second-order valence-electron chi connectivity index (χ2n) is 7.92. The van der Waals surface area contributed by atoms with E-state index in [1.165, 1.54) is 12.3 Å². The molecule has 7 heteroatoms. The Labute approximate surface area is 186 Å². The Kier molecular flexibility index (Phi) is 6.41. The van der Waals surface area contributed by atoms with Crippen molar-refractivity contribution in [1.29, 1.82) is 5.26 Å². The van der Waals surface area contributed by atoms with Crippen molar-refractivity contribution in [3.8, 4) is 11.8 Å². The Morgan fingerprint density at radius 3 is 3.03 bits per heavy atom. The summed E-state index contributed by atoms with van der Waals surface area (Å²) < 4.78 is 25.5. The molecule has 1 amide bonds. The summed E-state index contributed by atoms with van der Waals surface area (Å²) in [6.07, 6.45) is 3.11. The maximum Gasteiger partial charge on any atom is 0.287 e. The quantitative estimate of drug-likeness (QED) is 0.616. The topological polar surface area (TPSA) is 78.5 Å². The second kappa shape index (κ2) is 9.56. The molecule has 32 heavy (non-hydrogen) atoms. The third-order valence-corrected chi connectivity index (χ3v) is 5.51. The van der Waals surface area contributed by atoms with Crippen LogP contribution in [0.2, 0.25) is 0 Å². The van der Waals surface area contributed by atoms with E-state index in [1.54, 1.807) is 36.4 Å². The number of nitrogens with one attached hydrogen (secondary N) is 1. The van der Waals surface area contributed by atoms with E-state index in [0.717, 1.165) is 24.9 Å². The lowest BCUT2D eigenvalue weighted by molar-refractivity contribution is 0.0901. The van der Waals surface area contributed by atoms with Gasteiger partial charge in [-0.05, 0) is 61.7 Å². The minimum absolute atomic E-state index is 0.123. The predicted molar refractivity (Wildman–Crippen MR) is 118 cm³/mol. The van der Waals surface area contributed by atoms with E-state index in [2.05, 4.69) is 11.4 Å². The average Bonchev–Trinajstić information content (AvgIpc) is 3.28. The van der Waals surface area contributed by atoms with Gasteiger partial charge in [0.25, 0.3) is 5.91 Å². The fourth-order valence-corrected chi connectivity index (χ4v) is 3.89.